The van der Waals surface area contributed by atoms with Gasteiger partial charge in [-0.3, -0.25) is 9.78 Å². The van der Waals surface area contributed by atoms with Gasteiger partial charge < -0.3 is 9.80 Å². The van der Waals surface area contributed by atoms with E-state index in [2.05, 4.69) is 21.3 Å². The van der Waals surface area contributed by atoms with Crippen molar-refractivity contribution in [1.29, 1.82) is 0 Å². The van der Waals surface area contributed by atoms with Crippen LogP contribution in [0.5, 0.6) is 0 Å². The smallest absolute Gasteiger partial charge is 0.227 e. The first kappa shape index (κ1) is 15.9. The molecule has 4 heterocycles. The quantitative estimate of drug-likeness (QED) is 0.820. The van der Waals surface area contributed by atoms with Crippen LogP contribution in [0.25, 0.3) is 0 Å². The lowest BCUT2D eigenvalue weighted by Crippen LogP contribution is -2.46. The molecule has 2 aliphatic rings. The molecule has 0 saturated carbocycles. The van der Waals surface area contributed by atoms with Crippen LogP contribution in [0.3, 0.4) is 0 Å². The molecule has 2 aromatic rings. The fourth-order valence-electron chi connectivity index (χ4n) is 3.72. The summed E-state index contributed by atoms with van der Waals surface area (Å²) in [7, 11) is 0. The molecule has 0 aromatic carbocycles. The predicted octanol–water partition coefficient (Wildman–Crippen LogP) is 3.60. The molecule has 0 N–H and O–H groups in total. The van der Waals surface area contributed by atoms with Crippen LogP contribution >= 0.6 is 22.9 Å². The molecule has 4 rings (SSSR count). The highest BCUT2D eigenvalue weighted by Crippen LogP contribution is 2.31. The molecule has 24 heavy (non-hydrogen) atoms. The van der Waals surface area contributed by atoms with Crippen molar-refractivity contribution in [1.82, 2.24) is 9.88 Å². The van der Waals surface area contributed by atoms with Crippen molar-refractivity contribution < 1.29 is 4.79 Å². The van der Waals surface area contributed by atoms with E-state index < -0.39 is 0 Å². The minimum Gasteiger partial charge on any atom is -0.369 e. The second-order valence-corrected chi connectivity index (χ2v) is 7.90. The number of amides is 1. The Morgan fingerprint density at radius 1 is 1.33 bits per heavy atom. The van der Waals surface area contributed by atoms with Crippen LogP contribution in [0.15, 0.2) is 29.9 Å². The Balaban J connectivity index is 1.46. The lowest BCUT2D eigenvalue weighted by Gasteiger charge is -2.37. The molecule has 0 radical (unpaired) electrons. The van der Waals surface area contributed by atoms with E-state index in [0.29, 0.717) is 10.9 Å². The number of rotatable bonds is 2. The number of piperidine rings is 1. The molecule has 2 aromatic heterocycles. The first-order valence-electron chi connectivity index (χ1n) is 8.41. The van der Waals surface area contributed by atoms with E-state index in [1.807, 2.05) is 22.3 Å². The Labute approximate surface area is 151 Å². The van der Waals surface area contributed by atoms with E-state index in [9.17, 15) is 4.79 Å². The summed E-state index contributed by atoms with van der Waals surface area (Å²) in [6, 6.07) is 4.09. The van der Waals surface area contributed by atoms with E-state index in [-0.39, 0.29) is 5.92 Å². The summed E-state index contributed by atoms with van der Waals surface area (Å²) in [5.41, 5.74) is 2.31. The monoisotopic (exact) mass is 361 g/mol. The number of pyridine rings is 1. The average Bonchev–Trinajstić information content (AvgIpc) is 3.09. The van der Waals surface area contributed by atoms with Gasteiger partial charge in [0.05, 0.1) is 16.6 Å². The van der Waals surface area contributed by atoms with Crippen molar-refractivity contribution in [3.63, 3.8) is 0 Å². The van der Waals surface area contributed by atoms with E-state index >= 15 is 0 Å². The molecule has 126 valence electrons. The molecule has 1 atom stereocenters. The van der Waals surface area contributed by atoms with Gasteiger partial charge in [0.1, 0.15) is 0 Å². The van der Waals surface area contributed by atoms with Crippen LogP contribution < -0.4 is 4.90 Å². The van der Waals surface area contributed by atoms with Crippen LogP contribution in [0, 0.1) is 5.92 Å². The number of thiophene rings is 1. The van der Waals surface area contributed by atoms with Gasteiger partial charge in [-0.1, -0.05) is 11.6 Å². The van der Waals surface area contributed by atoms with Crippen molar-refractivity contribution >= 4 is 34.5 Å². The van der Waals surface area contributed by atoms with Crippen molar-refractivity contribution in [2.24, 2.45) is 5.92 Å². The van der Waals surface area contributed by atoms with Gasteiger partial charge in [-0.2, -0.15) is 0 Å². The van der Waals surface area contributed by atoms with Crippen LogP contribution in [0.4, 0.5) is 5.69 Å². The van der Waals surface area contributed by atoms with Crippen LogP contribution in [0.2, 0.25) is 5.02 Å². The van der Waals surface area contributed by atoms with Gasteiger partial charge in [-0.05, 0) is 42.3 Å². The molecule has 1 fully saturated rings. The van der Waals surface area contributed by atoms with Crippen molar-refractivity contribution in [3.8, 4) is 0 Å². The van der Waals surface area contributed by atoms with Crippen molar-refractivity contribution in [2.45, 2.75) is 25.8 Å². The van der Waals surface area contributed by atoms with Crippen molar-refractivity contribution in [3.05, 3.63) is 45.4 Å². The van der Waals surface area contributed by atoms with E-state index in [4.69, 9.17) is 11.6 Å². The summed E-state index contributed by atoms with van der Waals surface area (Å²) < 4.78 is 0. The number of aromatic nitrogens is 1. The van der Waals surface area contributed by atoms with Gasteiger partial charge in [0.15, 0.2) is 0 Å². The number of hydrogen-bond donors (Lipinski definition) is 0. The molecule has 1 saturated heterocycles. The summed E-state index contributed by atoms with van der Waals surface area (Å²) >= 11 is 8.09. The maximum Gasteiger partial charge on any atom is 0.227 e. The first-order chi connectivity index (χ1) is 11.7. The lowest BCUT2D eigenvalue weighted by atomic mass is 9.95. The Bertz CT molecular complexity index is 747. The number of fused-ring (bicyclic) bond motifs is 1. The van der Waals surface area contributed by atoms with E-state index in [0.717, 1.165) is 51.1 Å². The molecule has 1 amide bonds. The Kier molecular flexibility index (Phi) is 4.46. The van der Waals surface area contributed by atoms with E-state index in [1.165, 1.54) is 10.4 Å². The SMILES string of the molecule is O=C(C1CCCN(c2ccncc2Cl)C1)N1CCc2sccc2C1. The third-order valence-electron chi connectivity index (χ3n) is 4.98. The van der Waals surface area contributed by atoms with E-state index in [1.54, 1.807) is 12.4 Å². The number of halogens is 1. The molecule has 1 unspecified atom stereocenters. The fraction of sp³-hybridized carbons (Fsp3) is 0.444. The van der Waals surface area contributed by atoms with Gasteiger partial charge in [0.25, 0.3) is 0 Å². The molecular weight excluding hydrogens is 342 g/mol. The molecule has 6 heteroatoms. The Morgan fingerprint density at radius 3 is 3.12 bits per heavy atom. The molecule has 0 spiro atoms. The minimum absolute atomic E-state index is 0.0585. The molecule has 0 bridgehead atoms. The maximum absolute atomic E-state index is 13.0. The highest BCUT2D eigenvalue weighted by Gasteiger charge is 2.31. The standard InChI is InChI=1S/C18H20ClN3OS/c19-15-10-20-6-3-16(15)21-7-1-2-14(12-21)18(23)22-8-4-17-13(11-22)5-9-24-17/h3,5-6,9-10,14H,1-2,4,7-8,11-12H2. The van der Waals surface area contributed by atoms with Gasteiger partial charge in [-0.15, -0.1) is 11.3 Å². The average molecular weight is 362 g/mol. The molecule has 2 aliphatic heterocycles. The number of nitrogens with zero attached hydrogens (tertiary/aromatic N) is 3. The number of carbonyl (C=O) groups excluding carboxylic acids is 1. The molecule has 0 aliphatic carbocycles. The van der Waals surface area contributed by atoms with Crippen LogP contribution in [-0.2, 0) is 17.8 Å². The second kappa shape index (κ2) is 6.73. The zero-order valence-electron chi connectivity index (χ0n) is 13.4. The summed E-state index contributed by atoms with van der Waals surface area (Å²) in [5.74, 6) is 0.352. The molecular formula is C18H20ClN3OS. The third-order valence-corrected chi connectivity index (χ3v) is 6.30. The highest BCUT2D eigenvalue weighted by molar-refractivity contribution is 7.10. The Morgan fingerprint density at radius 2 is 2.25 bits per heavy atom. The fourth-order valence-corrected chi connectivity index (χ4v) is 4.85. The zero-order valence-corrected chi connectivity index (χ0v) is 15.0. The third kappa shape index (κ3) is 3.03. The highest BCUT2D eigenvalue weighted by atomic mass is 35.5. The second-order valence-electron chi connectivity index (χ2n) is 6.49. The first-order valence-corrected chi connectivity index (χ1v) is 9.66. The minimum atomic E-state index is 0.0585. The molecule has 4 nitrogen and oxygen atoms in total. The largest absolute Gasteiger partial charge is 0.369 e. The van der Waals surface area contributed by atoms with Crippen LogP contribution in [-0.4, -0.2) is 35.4 Å². The number of anilines is 1. The number of hydrogen-bond acceptors (Lipinski definition) is 4. The lowest BCUT2D eigenvalue weighted by molar-refractivity contribution is -0.136. The summed E-state index contributed by atoms with van der Waals surface area (Å²) in [4.78, 5) is 22.8. The van der Waals surface area contributed by atoms with Crippen LogP contribution in [0.1, 0.15) is 23.3 Å². The van der Waals surface area contributed by atoms with Gasteiger partial charge in [0.2, 0.25) is 5.91 Å². The summed E-state index contributed by atoms with van der Waals surface area (Å²) in [6.45, 7) is 3.31. The zero-order chi connectivity index (χ0) is 16.5. The van der Waals surface area contributed by atoms with Gasteiger partial charge in [0, 0.05) is 43.4 Å². The predicted molar refractivity (Wildman–Crippen MR) is 97.6 cm³/mol. The van der Waals surface area contributed by atoms with Gasteiger partial charge in [-0.25, -0.2) is 0 Å². The topological polar surface area (TPSA) is 36.4 Å². The van der Waals surface area contributed by atoms with Gasteiger partial charge >= 0.3 is 0 Å². The summed E-state index contributed by atoms with van der Waals surface area (Å²) in [6.07, 6.45) is 6.41. The van der Waals surface area contributed by atoms with Crippen molar-refractivity contribution in [2.75, 3.05) is 24.5 Å². The number of carbonyl (C=O) groups is 1. The summed E-state index contributed by atoms with van der Waals surface area (Å²) in [5, 5.41) is 2.79. The normalized spacial score (nSPS) is 20.8. The maximum atomic E-state index is 13.0. The Hall–Kier alpha value is -1.59.